The predicted octanol–water partition coefficient (Wildman–Crippen LogP) is 11.0. The molecule has 0 aliphatic heterocycles. The van der Waals surface area contributed by atoms with Gasteiger partial charge in [-0.1, -0.05) is 48.6 Å². The first-order chi connectivity index (χ1) is 19.4. The summed E-state index contributed by atoms with van der Waals surface area (Å²) in [6.07, 6.45) is 16.8. The maximum atomic E-state index is 14.9. The first-order valence-electron chi connectivity index (χ1n) is 15.5. The van der Waals surface area contributed by atoms with Crippen LogP contribution >= 0.6 is 0 Å². The number of ether oxygens (including phenoxy) is 1. The van der Waals surface area contributed by atoms with Crippen LogP contribution in [-0.4, -0.2) is 6.61 Å². The van der Waals surface area contributed by atoms with Gasteiger partial charge >= 0.3 is 6.11 Å². The third-order valence-electron chi connectivity index (χ3n) is 9.35. The average molecular weight is 553 g/mol. The summed E-state index contributed by atoms with van der Waals surface area (Å²) in [5.74, 6) is 1.47. The van der Waals surface area contributed by atoms with Crippen molar-refractivity contribution in [2.45, 2.75) is 108 Å². The van der Waals surface area contributed by atoms with Crippen molar-refractivity contribution in [3.8, 4) is 0 Å². The van der Waals surface area contributed by atoms with Gasteiger partial charge in [0.2, 0.25) is 0 Å². The fraction of sp³-hybridized carbons (Fsp3) is 0.556. The van der Waals surface area contributed by atoms with Crippen LogP contribution in [0.1, 0.15) is 118 Å². The average Bonchev–Trinajstić information content (AvgIpc) is 2.97. The Morgan fingerprint density at radius 1 is 0.825 bits per heavy atom. The molecule has 2 aliphatic carbocycles. The lowest BCUT2D eigenvalue weighted by atomic mass is 9.77. The predicted molar refractivity (Wildman–Crippen MR) is 159 cm³/mol. The zero-order valence-corrected chi connectivity index (χ0v) is 24.2. The van der Waals surface area contributed by atoms with E-state index in [0.29, 0.717) is 18.3 Å². The van der Waals surface area contributed by atoms with Gasteiger partial charge in [0.15, 0.2) is 0 Å². The summed E-state index contributed by atoms with van der Waals surface area (Å²) < 4.78 is 49.5. The van der Waals surface area contributed by atoms with Crippen LogP contribution in [0.4, 0.5) is 13.2 Å². The summed E-state index contributed by atoms with van der Waals surface area (Å²) >= 11 is 0. The molecule has 0 N–H and O–H groups in total. The van der Waals surface area contributed by atoms with Gasteiger partial charge < -0.3 is 4.74 Å². The van der Waals surface area contributed by atoms with Gasteiger partial charge in [0.05, 0.1) is 12.2 Å². The number of halogens is 3. The normalized spacial score (nSPS) is 23.9. The molecule has 4 rings (SSSR count). The van der Waals surface area contributed by atoms with Crippen molar-refractivity contribution in [1.82, 2.24) is 0 Å². The van der Waals surface area contributed by atoms with E-state index < -0.39 is 17.5 Å². The smallest absolute Gasteiger partial charge is 0.316 e. The van der Waals surface area contributed by atoms with E-state index in [4.69, 9.17) is 4.74 Å². The van der Waals surface area contributed by atoms with E-state index in [-0.39, 0.29) is 12.5 Å². The molecule has 2 fully saturated rings. The maximum Gasteiger partial charge on any atom is 0.386 e. The molecule has 4 heteroatoms. The van der Waals surface area contributed by atoms with Crippen LogP contribution in [0.5, 0.6) is 0 Å². The highest BCUT2D eigenvalue weighted by Crippen LogP contribution is 2.40. The molecule has 2 aliphatic rings. The molecule has 2 aromatic carbocycles. The van der Waals surface area contributed by atoms with Crippen LogP contribution < -0.4 is 0 Å². The SMILES string of the molecule is C=CCC[C@H]1CC[C@H](c2ccc(CCOC(F)(F)c3ccc([C@H]4CC[C@H](CC/C=C/C)CC4)cc3F)cc2)CC1. The molecule has 2 saturated carbocycles. The van der Waals surface area contributed by atoms with Crippen LogP contribution in [0.2, 0.25) is 0 Å². The Balaban J connectivity index is 1.23. The molecule has 2 aromatic rings. The maximum absolute atomic E-state index is 14.9. The minimum absolute atomic E-state index is 0.167. The summed E-state index contributed by atoms with van der Waals surface area (Å²) in [6, 6.07) is 12.5. The largest absolute Gasteiger partial charge is 0.386 e. The molecule has 0 radical (unpaired) electrons. The minimum Gasteiger partial charge on any atom is -0.316 e. The molecule has 0 atom stereocenters. The standard InChI is InChI=1S/C36H47F3O/c1-3-5-7-9-28-12-20-32(21-13-28)33-22-23-34(35(37)26-33)36(38,39)40-25-24-29-14-18-31(19-15-29)30-16-10-27(11-17-30)8-6-4-2/h3-5,14-15,18-19,22-23,26-28,30,32H,2,6-13,16-17,20-21,24-25H2,1H3/b5-3+/t27-,28-,30-,32-. The second-order valence-corrected chi connectivity index (χ2v) is 12.0. The molecule has 40 heavy (non-hydrogen) atoms. The lowest BCUT2D eigenvalue weighted by Crippen LogP contribution is -2.22. The number of allylic oxidation sites excluding steroid dienone is 3. The molecule has 0 bridgehead atoms. The number of rotatable bonds is 13. The van der Waals surface area contributed by atoms with Crippen molar-refractivity contribution >= 4 is 0 Å². The summed E-state index contributed by atoms with van der Waals surface area (Å²) in [4.78, 5) is 0. The molecule has 0 amide bonds. The van der Waals surface area contributed by atoms with Crippen LogP contribution in [0.25, 0.3) is 0 Å². The monoisotopic (exact) mass is 552 g/mol. The third kappa shape index (κ3) is 8.59. The van der Waals surface area contributed by atoms with E-state index in [1.165, 1.54) is 56.2 Å². The Morgan fingerprint density at radius 3 is 1.98 bits per heavy atom. The molecule has 0 spiro atoms. The van der Waals surface area contributed by atoms with Gasteiger partial charge in [0.1, 0.15) is 5.82 Å². The van der Waals surface area contributed by atoms with Crippen molar-refractivity contribution in [3.05, 3.63) is 95.3 Å². The Labute approximate surface area is 239 Å². The first-order valence-corrected chi connectivity index (χ1v) is 15.5. The topological polar surface area (TPSA) is 9.23 Å². The molecular weight excluding hydrogens is 505 g/mol. The van der Waals surface area contributed by atoms with Crippen LogP contribution in [0, 0.1) is 17.7 Å². The van der Waals surface area contributed by atoms with E-state index in [1.54, 1.807) is 6.07 Å². The quantitative estimate of drug-likeness (QED) is 0.225. The summed E-state index contributed by atoms with van der Waals surface area (Å²) in [5.41, 5.74) is 2.45. The van der Waals surface area contributed by atoms with Gasteiger partial charge in [0, 0.05) is 0 Å². The zero-order chi connectivity index (χ0) is 28.4. The zero-order valence-electron chi connectivity index (χ0n) is 24.2. The van der Waals surface area contributed by atoms with Gasteiger partial charge in [-0.3, -0.25) is 0 Å². The number of hydrogen-bond donors (Lipinski definition) is 0. The summed E-state index contributed by atoms with van der Waals surface area (Å²) in [6.45, 7) is 5.70. The molecule has 0 heterocycles. The van der Waals surface area contributed by atoms with Crippen molar-refractivity contribution in [3.63, 3.8) is 0 Å². The lowest BCUT2D eigenvalue weighted by molar-refractivity contribution is -0.249. The van der Waals surface area contributed by atoms with Gasteiger partial charge in [-0.25, -0.2) is 4.39 Å². The third-order valence-corrected chi connectivity index (χ3v) is 9.35. The highest BCUT2D eigenvalue weighted by Gasteiger charge is 2.36. The van der Waals surface area contributed by atoms with E-state index in [2.05, 4.69) is 30.9 Å². The Morgan fingerprint density at radius 2 is 1.40 bits per heavy atom. The van der Waals surface area contributed by atoms with Crippen molar-refractivity contribution in [2.24, 2.45) is 11.8 Å². The lowest BCUT2D eigenvalue weighted by Gasteiger charge is -2.29. The Kier molecular flexibility index (Phi) is 11.5. The fourth-order valence-corrected chi connectivity index (χ4v) is 6.77. The van der Waals surface area contributed by atoms with Crippen molar-refractivity contribution in [2.75, 3.05) is 6.61 Å². The Bertz CT molecular complexity index is 1070. The molecule has 1 nitrogen and oxygen atoms in total. The minimum atomic E-state index is -3.66. The van der Waals surface area contributed by atoms with E-state index in [1.807, 2.05) is 25.1 Å². The first kappa shape index (κ1) is 30.6. The summed E-state index contributed by atoms with van der Waals surface area (Å²) in [5, 5.41) is 0. The molecule has 218 valence electrons. The van der Waals surface area contributed by atoms with Gasteiger partial charge in [0.25, 0.3) is 0 Å². The number of hydrogen-bond acceptors (Lipinski definition) is 1. The molecule has 0 unspecified atom stereocenters. The van der Waals surface area contributed by atoms with E-state index in [0.717, 1.165) is 55.6 Å². The highest BCUT2D eigenvalue weighted by atomic mass is 19.3. The molecular formula is C36H47F3O. The van der Waals surface area contributed by atoms with Crippen LogP contribution in [-0.2, 0) is 17.3 Å². The number of alkyl halides is 2. The van der Waals surface area contributed by atoms with Crippen molar-refractivity contribution in [1.29, 1.82) is 0 Å². The van der Waals surface area contributed by atoms with Crippen molar-refractivity contribution < 1.29 is 17.9 Å². The van der Waals surface area contributed by atoms with Crippen LogP contribution in [0.3, 0.4) is 0 Å². The fourth-order valence-electron chi connectivity index (χ4n) is 6.77. The van der Waals surface area contributed by atoms with E-state index >= 15 is 0 Å². The summed E-state index contributed by atoms with van der Waals surface area (Å²) in [7, 11) is 0. The molecule has 0 aromatic heterocycles. The molecule has 0 saturated heterocycles. The van der Waals surface area contributed by atoms with Gasteiger partial charge in [-0.15, -0.1) is 6.58 Å². The van der Waals surface area contributed by atoms with Gasteiger partial charge in [-0.2, -0.15) is 8.78 Å². The second kappa shape index (κ2) is 15.1. The van der Waals surface area contributed by atoms with Crippen LogP contribution in [0.15, 0.2) is 67.3 Å². The second-order valence-electron chi connectivity index (χ2n) is 12.0. The van der Waals surface area contributed by atoms with E-state index in [9.17, 15) is 13.2 Å². The number of benzene rings is 2. The Hall–Kier alpha value is -2.33. The highest BCUT2D eigenvalue weighted by molar-refractivity contribution is 5.29. The van der Waals surface area contributed by atoms with Gasteiger partial charge in [-0.05, 0) is 143 Å².